The van der Waals surface area contributed by atoms with Gasteiger partial charge in [-0.2, -0.15) is 10.2 Å². The van der Waals surface area contributed by atoms with Crippen LogP contribution in [0.5, 0.6) is 5.75 Å². The number of halogens is 2. The number of aromatic amines is 1. The Bertz CT molecular complexity index is 1230. The number of benzene rings is 1. The fourth-order valence-corrected chi connectivity index (χ4v) is 4.74. The Kier molecular flexibility index (Phi) is 5.77. The van der Waals surface area contributed by atoms with E-state index >= 15 is 0 Å². The molecule has 0 radical (unpaired) electrons. The molecule has 4 aromatic rings. The molecular formula is C22H23Cl2N7O. The van der Waals surface area contributed by atoms with Gasteiger partial charge in [0.05, 0.1) is 27.8 Å². The van der Waals surface area contributed by atoms with Gasteiger partial charge in [0.1, 0.15) is 11.4 Å². The van der Waals surface area contributed by atoms with Crippen LogP contribution >= 0.6 is 23.2 Å². The van der Waals surface area contributed by atoms with Gasteiger partial charge in [-0.25, -0.2) is 0 Å². The van der Waals surface area contributed by atoms with Gasteiger partial charge in [0, 0.05) is 48.2 Å². The molecule has 0 bridgehead atoms. The number of pyridine rings is 1. The van der Waals surface area contributed by atoms with E-state index in [0.29, 0.717) is 27.4 Å². The molecule has 1 aliphatic rings. The molecule has 3 aromatic heterocycles. The molecular weight excluding hydrogens is 449 g/mol. The van der Waals surface area contributed by atoms with E-state index in [9.17, 15) is 0 Å². The van der Waals surface area contributed by atoms with Crippen LogP contribution in [0.2, 0.25) is 10.0 Å². The predicted octanol–water partition coefficient (Wildman–Crippen LogP) is 4.43. The van der Waals surface area contributed by atoms with E-state index in [0.717, 1.165) is 48.2 Å². The lowest BCUT2D eigenvalue weighted by Crippen LogP contribution is -2.21. The molecule has 1 aliphatic heterocycles. The molecule has 10 heteroatoms. The molecule has 32 heavy (non-hydrogen) atoms. The van der Waals surface area contributed by atoms with E-state index in [1.807, 2.05) is 24.4 Å². The normalized spacial score (nSPS) is 17.8. The number of nitrogens with one attached hydrogen (secondary N) is 1. The molecule has 5 rings (SSSR count). The highest BCUT2D eigenvalue weighted by Crippen LogP contribution is 2.33. The molecule has 4 heterocycles. The van der Waals surface area contributed by atoms with Gasteiger partial charge in [-0.15, -0.1) is 0 Å². The van der Waals surface area contributed by atoms with Crippen LogP contribution in [0.4, 0.5) is 0 Å². The summed E-state index contributed by atoms with van der Waals surface area (Å²) in [6.07, 6.45) is 7.18. The first-order chi connectivity index (χ1) is 15.5. The summed E-state index contributed by atoms with van der Waals surface area (Å²) in [5.41, 5.74) is 9.39. The van der Waals surface area contributed by atoms with Gasteiger partial charge < -0.3 is 9.64 Å². The number of hydrogen-bond acceptors (Lipinski definition) is 6. The molecule has 1 saturated heterocycles. The molecule has 0 spiro atoms. The zero-order chi connectivity index (χ0) is 22.2. The lowest BCUT2D eigenvalue weighted by Gasteiger charge is -2.17. The number of likely N-dealkylation sites (tertiary alicyclic amines) is 1. The number of ether oxygens (including phenoxy) is 1. The van der Waals surface area contributed by atoms with Crippen molar-refractivity contribution in [1.29, 1.82) is 0 Å². The Morgan fingerprint density at radius 2 is 2.06 bits per heavy atom. The minimum Gasteiger partial charge on any atom is -0.471 e. The fraction of sp³-hybridized carbons (Fsp3) is 0.318. The van der Waals surface area contributed by atoms with Crippen LogP contribution in [0.1, 0.15) is 31.2 Å². The van der Waals surface area contributed by atoms with Gasteiger partial charge in [-0.3, -0.25) is 20.5 Å². The summed E-state index contributed by atoms with van der Waals surface area (Å²) in [4.78, 5) is 6.39. The Labute approximate surface area is 195 Å². The number of hydrogen-bond donors (Lipinski definition) is 2. The number of fused-ring (bicyclic) bond motifs is 1. The molecule has 166 valence electrons. The Balaban J connectivity index is 1.41. The van der Waals surface area contributed by atoms with Crippen LogP contribution < -0.4 is 10.5 Å². The monoisotopic (exact) mass is 471 g/mol. The Morgan fingerprint density at radius 1 is 1.25 bits per heavy atom. The zero-order valence-corrected chi connectivity index (χ0v) is 19.0. The lowest BCUT2D eigenvalue weighted by molar-refractivity contribution is 0.214. The summed E-state index contributed by atoms with van der Waals surface area (Å²) in [7, 11) is 0. The molecule has 8 nitrogen and oxygen atoms in total. The van der Waals surface area contributed by atoms with Crippen molar-refractivity contribution >= 4 is 34.1 Å². The average Bonchev–Trinajstić information content (AvgIpc) is 3.52. The van der Waals surface area contributed by atoms with Crippen LogP contribution in [0.15, 0.2) is 43.0 Å². The minimum atomic E-state index is -0.836. The summed E-state index contributed by atoms with van der Waals surface area (Å²) in [6.45, 7) is 5.38. The number of rotatable bonds is 6. The van der Waals surface area contributed by atoms with Crippen LogP contribution in [0.25, 0.3) is 22.2 Å². The van der Waals surface area contributed by atoms with E-state index in [1.165, 1.54) is 12.4 Å². The van der Waals surface area contributed by atoms with E-state index in [1.54, 1.807) is 0 Å². The second-order valence-electron chi connectivity index (χ2n) is 7.88. The van der Waals surface area contributed by atoms with Crippen LogP contribution in [0, 0.1) is 0 Å². The van der Waals surface area contributed by atoms with Crippen molar-refractivity contribution in [3.63, 3.8) is 0 Å². The smallest absolute Gasteiger partial charge is 0.177 e. The molecule has 3 N–H and O–H groups in total. The van der Waals surface area contributed by atoms with Crippen molar-refractivity contribution < 1.29 is 4.74 Å². The summed E-state index contributed by atoms with van der Waals surface area (Å²) in [6, 6.07) is 6.03. The van der Waals surface area contributed by atoms with Gasteiger partial charge in [-0.05, 0) is 31.2 Å². The zero-order valence-electron chi connectivity index (χ0n) is 17.5. The quantitative estimate of drug-likeness (QED) is 0.403. The van der Waals surface area contributed by atoms with Gasteiger partial charge in [0.25, 0.3) is 0 Å². The minimum absolute atomic E-state index is 0.357. The standard InChI is InChI=1S/C22H23Cl2N7O/c1-2-30-6-5-14(12-30)31-11-13(8-27-31)21-16-7-15(3-4-19(16)28-29-21)32-22(25)20-17(23)9-26-10-18(20)24/h3-4,7-11,14,22H,2,5-6,12,25H2,1H3,(H,28,29)/t14-,22+/m1/s1. The molecule has 0 aliphatic carbocycles. The summed E-state index contributed by atoms with van der Waals surface area (Å²) >= 11 is 12.4. The van der Waals surface area contributed by atoms with E-state index in [2.05, 4.69) is 43.0 Å². The molecule has 1 aromatic carbocycles. The first-order valence-electron chi connectivity index (χ1n) is 10.5. The number of likely N-dealkylation sites (N-methyl/N-ethyl adjacent to an activating group) is 1. The molecule has 0 unspecified atom stereocenters. The van der Waals surface area contributed by atoms with Gasteiger partial charge in [-0.1, -0.05) is 30.1 Å². The van der Waals surface area contributed by atoms with Crippen molar-refractivity contribution in [1.82, 2.24) is 29.9 Å². The highest BCUT2D eigenvalue weighted by atomic mass is 35.5. The molecule has 2 atom stereocenters. The third-order valence-corrected chi connectivity index (χ3v) is 6.52. The van der Waals surface area contributed by atoms with Gasteiger partial charge in [0.2, 0.25) is 0 Å². The van der Waals surface area contributed by atoms with Crippen LogP contribution in [-0.2, 0) is 0 Å². The maximum atomic E-state index is 6.23. The van der Waals surface area contributed by atoms with E-state index in [-0.39, 0.29) is 0 Å². The fourth-order valence-electron chi connectivity index (χ4n) is 4.16. The van der Waals surface area contributed by atoms with Crippen molar-refractivity contribution in [3.8, 4) is 17.0 Å². The third-order valence-electron chi connectivity index (χ3n) is 5.92. The van der Waals surface area contributed by atoms with Crippen molar-refractivity contribution in [3.05, 3.63) is 58.6 Å². The topological polar surface area (TPSA) is 97.9 Å². The first-order valence-corrected chi connectivity index (χ1v) is 11.2. The highest BCUT2D eigenvalue weighted by molar-refractivity contribution is 6.35. The SMILES string of the molecule is CCN1CC[C@@H](n2cc(-c3n[nH]c4ccc(O[C@H](N)c5c(Cl)cncc5Cl)cc34)cn2)C1. The number of aromatic nitrogens is 5. The van der Waals surface area contributed by atoms with Crippen molar-refractivity contribution in [2.45, 2.75) is 25.6 Å². The second-order valence-corrected chi connectivity index (χ2v) is 8.69. The summed E-state index contributed by atoms with van der Waals surface area (Å²) in [5.74, 6) is 0.582. The number of H-pyrrole nitrogens is 1. The van der Waals surface area contributed by atoms with E-state index < -0.39 is 6.23 Å². The largest absolute Gasteiger partial charge is 0.471 e. The molecule has 0 saturated carbocycles. The Morgan fingerprint density at radius 3 is 2.81 bits per heavy atom. The average molecular weight is 472 g/mol. The first kappa shape index (κ1) is 21.2. The van der Waals surface area contributed by atoms with Gasteiger partial charge >= 0.3 is 0 Å². The Hall–Kier alpha value is -2.65. The molecule has 1 fully saturated rings. The second kappa shape index (κ2) is 8.71. The van der Waals surface area contributed by atoms with E-state index in [4.69, 9.17) is 33.7 Å². The summed E-state index contributed by atoms with van der Waals surface area (Å²) < 4.78 is 8.00. The molecule has 0 amide bonds. The van der Waals surface area contributed by atoms with Crippen LogP contribution in [-0.4, -0.2) is 49.5 Å². The van der Waals surface area contributed by atoms with Crippen molar-refractivity contribution in [2.24, 2.45) is 5.73 Å². The van der Waals surface area contributed by atoms with Crippen molar-refractivity contribution in [2.75, 3.05) is 19.6 Å². The summed E-state index contributed by atoms with van der Waals surface area (Å²) in [5, 5.41) is 13.8. The maximum absolute atomic E-state index is 6.23. The lowest BCUT2D eigenvalue weighted by atomic mass is 10.1. The predicted molar refractivity (Wildman–Crippen MR) is 125 cm³/mol. The highest BCUT2D eigenvalue weighted by Gasteiger charge is 2.24. The third kappa shape index (κ3) is 3.95. The maximum Gasteiger partial charge on any atom is 0.177 e. The number of nitrogens with two attached hydrogens (primary N) is 1. The van der Waals surface area contributed by atoms with Gasteiger partial charge in [0.15, 0.2) is 6.23 Å². The van der Waals surface area contributed by atoms with Crippen LogP contribution in [0.3, 0.4) is 0 Å². The number of nitrogens with zero attached hydrogens (tertiary/aromatic N) is 5.